The van der Waals surface area contributed by atoms with Crippen molar-refractivity contribution in [3.8, 4) is 22.6 Å². The summed E-state index contributed by atoms with van der Waals surface area (Å²) < 4.78 is 6.00. The minimum atomic E-state index is -0.161. The minimum absolute atomic E-state index is 0.161. The standard InChI is InChI=1S/C24H17N3O2S/c1-15-18(16-7-10-25-11-8-16)13-19-20(24(28)27-23(19)26-15)14-22-21(9-12-30-22)29-17-5-3-2-4-6-17/h2-14,26H,1H2,(H,27,28). The third kappa shape index (κ3) is 3.33. The fourth-order valence-electron chi connectivity index (χ4n) is 3.38. The van der Waals surface area contributed by atoms with Gasteiger partial charge in [0, 0.05) is 28.5 Å². The van der Waals surface area contributed by atoms with Crippen LogP contribution >= 0.6 is 11.3 Å². The quantitative estimate of drug-likeness (QED) is 0.475. The average molecular weight is 411 g/mol. The largest absolute Gasteiger partial charge is 0.456 e. The summed E-state index contributed by atoms with van der Waals surface area (Å²) in [5.41, 5.74) is 2.39. The number of H-pyrrole nitrogens is 2. The molecule has 0 radical (unpaired) electrons. The van der Waals surface area contributed by atoms with Crippen molar-refractivity contribution in [2.75, 3.05) is 0 Å². The van der Waals surface area contributed by atoms with Crippen LogP contribution in [-0.2, 0) is 0 Å². The highest BCUT2D eigenvalue weighted by molar-refractivity contribution is 7.11. The molecule has 1 aromatic carbocycles. The van der Waals surface area contributed by atoms with Crippen molar-refractivity contribution in [2.24, 2.45) is 0 Å². The second kappa shape index (κ2) is 7.50. The molecule has 2 aromatic heterocycles. The van der Waals surface area contributed by atoms with E-state index in [0.29, 0.717) is 16.4 Å². The molecule has 5 rings (SSSR count). The van der Waals surface area contributed by atoms with E-state index in [1.807, 2.05) is 66.1 Å². The second-order valence-corrected chi connectivity index (χ2v) is 7.71. The number of hydrogen-bond donors (Lipinski definition) is 2. The molecule has 0 atom stereocenters. The normalized spacial score (nSPS) is 11.8. The summed E-state index contributed by atoms with van der Waals surface area (Å²) in [4.78, 5) is 23.8. The van der Waals surface area contributed by atoms with Gasteiger partial charge in [-0.3, -0.25) is 9.78 Å². The Morgan fingerprint density at radius 3 is 2.63 bits per heavy atom. The molecule has 6 heteroatoms. The van der Waals surface area contributed by atoms with Gasteiger partial charge in [0.2, 0.25) is 0 Å². The highest BCUT2D eigenvalue weighted by Gasteiger charge is 2.08. The molecule has 0 fully saturated rings. The van der Waals surface area contributed by atoms with Crippen LogP contribution in [0.15, 0.2) is 77.2 Å². The number of pyridine rings is 1. The lowest BCUT2D eigenvalue weighted by Gasteiger charge is -2.04. The van der Waals surface area contributed by atoms with Crippen molar-refractivity contribution < 1.29 is 4.74 Å². The molecule has 2 aliphatic rings. The first-order valence-corrected chi connectivity index (χ1v) is 10.2. The number of ether oxygens (including phenoxy) is 1. The number of nitrogens with zero attached hydrogens (tertiary/aromatic N) is 1. The summed E-state index contributed by atoms with van der Waals surface area (Å²) in [5.74, 6) is 1.47. The van der Waals surface area contributed by atoms with E-state index >= 15 is 0 Å². The molecule has 0 amide bonds. The van der Waals surface area contributed by atoms with Crippen LogP contribution in [0, 0.1) is 10.7 Å². The van der Waals surface area contributed by atoms with Crippen LogP contribution < -0.4 is 20.9 Å². The lowest BCUT2D eigenvalue weighted by molar-refractivity contribution is 0.484. The van der Waals surface area contributed by atoms with Gasteiger partial charge in [0.15, 0.2) is 0 Å². The second-order valence-electron chi connectivity index (χ2n) is 6.76. The fourth-order valence-corrected chi connectivity index (χ4v) is 4.13. The van der Waals surface area contributed by atoms with Crippen LogP contribution in [0.5, 0.6) is 11.5 Å². The van der Waals surface area contributed by atoms with Crippen LogP contribution in [0.4, 0.5) is 0 Å². The third-order valence-corrected chi connectivity index (χ3v) is 5.67. The Morgan fingerprint density at radius 1 is 1.03 bits per heavy atom. The predicted octanol–water partition coefficient (Wildman–Crippen LogP) is 3.58. The number of rotatable bonds is 4. The summed E-state index contributed by atoms with van der Waals surface area (Å²) >= 11 is 1.52. The maximum Gasteiger partial charge on any atom is 0.257 e. The maximum absolute atomic E-state index is 12.7. The van der Waals surface area contributed by atoms with E-state index in [2.05, 4.69) is 21.5 Å². The molecule has 0 saturated carbocycles. The van der Waals surface area contributed by atoms with E-state index in [9.17, 15) is 4.79 Å². The Hall–Kier alpha value is -3.90. The van der Waals surface area contributed by atoms with Crippen LogP contribution in [0.25, 0.3) is 23.8 Å². The van der Waals surface area contributed by atoms with Gasteiger partial charge < -0.3 is 14.7 Å². The van der Waals surface area contributed by atoms with Gasteiger partial charge in [-0.25, -0.2) is 0 Å². The van der Waals surface area contributed by atoms with Gasteiger partial charge in [0.1, 0.15) is 17.0 Å². The summed E-state index contributed by atoms with van der Waals surface area (Å²) in [5, 5.41) is 4.06. The van der Waals surface area contributed by atoms with Crippen molar-refractivity contribution in [3.05, 3.63) is 109 Å². The van der Waals surface area contributed by atoms with Gasteiger partial charge in [0.25, 0.3) is 5.56 Å². The number of hydrogen-bond acceptors (Lipinski definition) is 4. The topological polar surface area (TPSA) is 70.8 Å². The van der Waals surface area contributed by atoms with Gasteiger partial charge in [0.05, 0.1) is 10.1 Å². The predicted molar refractivity (Wildman–Crippen MR) is 119 cm³/mol. The Morgan fingerprint density at radius 2 is 1.83 bits per heavy atom. The average Bonchev–Trinajstić information content (AvgIpc) is 3.32. The molecule has 0 aliphatic carbocycles. The molecule has 2 aliphatic heterocycles. The molecular weight excluding hydrogens is 394 g/mol. The van der Waals surface area contributed by atoms with Crippen LogP contribution in [0.2, 0.25) is 0 Å². The fraction of sp³-hybridized carbons (Fsp3) is 0. The lowest BCUT2D eigenvalue weighted by atomic mass is 10.1. The molecule has 0 bridgehead atoms. The zero-order chi connectivity index (χ0) is 20.5. The monoisotopic (exact) mass is 411 g/mol. The van der Waals surface area contributed by atoms with Crippen molar-refractivity contribution in [3.63, 3.8) is 0 Å². The zero-order valence-electron chi connectivity index (χ0n) is 15.9. The van der Waals surface area contributed by atoms with Crippen molar-refractivity contribution in [1.29, 1.82) is 0 Å². The third-order valence-electron chi connectivity index (χ3n) is 4.83. The van der Waals surface area contributed by atoms with Gasteiger partial charge in [-0.15, -0.1) is 11.3 Å². The molecule has 3 aromatic rings. The first kappa shape index (κ1) is 18.1. The number of nitrogens with one attached hydrogen (secondary N) is 2. The van der Waals surface area contributed by atoms with Gasteiger partial charge >= 0.3 is 0 Å². The van der Waals surface area contributed by atoms with Crippen LogP contribution in [0.3, 0.4) is 0 Å². The molecule has 4 heterocycles. The first-order valence-electron chi connectivity index (χ1n) is 9.35. The molecule has 146 valence electrons. The van der Waals surface area contributed by atoms with Crippen molar-refractivity contribution in [1.82, 2.24) is 15.0 Å². The highest BCUT2D eigenvalue weighted by atomic mass is 32.1. The SMILES string of the molecule is C=c1[nH]c2[nH]c(=O)c(=Cc3sccc3Oc3ccccc3)c=2cc1-c1ccncc1. The first-order chi connectivity index (χ1) is 14.7. The van der Waals surface area contributed by atoms with Gasteiger partial charge in [-0.1, -0.05) is 24.8 Å². The van der Waals surface area contributed by atoms with E-state index in [4.69, 9.17) is 4.74 Å². The van der Waals surface area contributed by atoms with E-state index in [-0.39, 0.29) is 5.56 Å². The Bertz CT molecular complexity index is 1550. The molecule has 30 heavy (non-hydrogen) atoms. The number of aromatic amines is 2. The summed E-state index contributed by atoms with van der Waals surface area (Å²) in [6.07, 6.45) is 5.35. The Balaban J connectivity index is 1.68. The zero-order valence-corrected chi connectivity index (χ0v) is 16.7. The van der Waals surface area contributed by atoms with E-state index in [1.54, 1.807) is 12.4 Å². The maximum atomic E-state index is 12.7. The summed E-state index contributed by atoms with van der Waals surface area (Å²) in [6.45, 7) is 4.10. The van der Waals surface area contributed by atoms with Crippen molar-refractivity contribution in [2.45, 2.75) is 0 Å². The molecular formula is C24H17N3O2S. The van der Waals surface area contributed by atoms with Gasteiger partial charge in [-0.2, -0.15) is 0 Å². The van der Waals surface area contributed by atoms with E-state index in [1.165, 1.54) is 11.3 Å². The lowest BCUT2D eigenvalue weighted by Crippen LogP contribution is -2.22. The molecule has 0 unspecified atom stereocenters. The summed E-state index contributed by atoms with van der Waals surface area (Å²) in [6, 6.07) is 17.3. The molecule has 5 nitrogen and oxygen atoms in total. The smallest absolute Gasteiger partial charge is 0.257 e. The molecule has 2 N–H and O–H groups in total. The van der Waals surface area contributed by atoms with Crippen LogP contribution in [-0.4, -0.2) is 15.0 Å². The molecule has 0 saturated heterocycles. The summed E-state index contributed by atoms with van der Waals surface area (Å²) in [7, 11) is 0. The Kier molecular flexibility index (Phi) is 4.53. The number of aromatic nitrogens is 3. The van der Waals surface area contributed by atoms with E-state index in [0.717, 1.165) is 32.3 Å². The number of benzene rings is 1. The minimum Gasteiger partial charge on any atom is -0.456 e. The van der Waals surface area contributed by atoms with E-state index < -0.39 is 0 Å². The van der Waals surface area contributed by atoms with Gasteiger partial charge in [-0.05, 0) is 53.4 Å². The highest BCUT2D eigenvalue weighted by Crippen LogP contribution is 2.30. The molecule has 0 spiro atoms. The Labute approximate surface area is 175 Å². The number of para-hydroxylation sites is 1. The number of thiophene rings is 1. The van der Waals surface area contributed by atoms with Crippen molar-refractivity contribution >= 4 is 24.0 Å². The van der Waals surface area contributed by atoms with Crippen LogP contribution in [0.1, 0.15) is 4.88 Å².